The lowest BCUT2D eigenvalue weighted by Crippen LogP contribution is -2.49. The third kappa shape index (κ3) is 6.48. The Kier molecular flexibility index (Phi) is 9.06. The molecule has 3 N–H and O–H groups in total. The first-order chi connectivity index (χ1) is 25.6. The molecule has 3 aromatic carbocycles. The van der Waals surface area contributed by atoms with E-state index in [9.17, 15) is 25.1 Å². The molecule has 8 rings (SSSR count). The van der Waals surface area contributed by atoms with Crippen molar-refractivity contribution in [1.29, 1.82) is 5.26 Å². The predicted octanol–water partition coefficient (Wildman–Crippen LogP) is 6.84. The molecule has 53 heavy (non-hydrogen) atoms. The van der Waals surface area contributed by atoms with Crippen LogP contribution in [0.2, 0.25) is 5.02 Å². The van der Waals surface area contributed by atoms with Crippen molar-refractivity contribution in [3.05, 3.63) is 99.1 Å². The van der Waals surface area contributed by atoms with Crippen LogP contribution in [0.5, 0.6) is 11.8 Å². The first kappa shape index (κ1) is 34.7. The van der Waals surface area contributed by atoms with Gasteiger partial charge >= 0.3 is 11.9 Å². The topological polar surface area (TPSA) is 152 Å². The average molecular weight is 732 g/mol. The van der Waals surface area contributed by atoms with Gasteiger partial charge in [0.15, 0.2) is 0 Å². The van der Waals surface area contributed by atoms with Crippen LogP contribution in [0, 0.1) is 30.1 Å². The standard InChI is InChI=1S/C41H38ClN5O6/c1-22-29(5-3-6-30(22)35-14-24-11-23(12-25(15-43)37(24)44-35)16-46-18-27(19-46)40(48)49)31-7-4-8-33-32(31)9-10-36(33)53-39-34(42)13-26(38(45-39)52-2)17-47-20-28(21-47)41(50)51/h3-8,11-14,27-28,36,44H,9-10,16-21H2,1-2H3,(H,48,49)(H,50,51)/t36-/m0/s1. The molecule has 1 atom stereocenters. The summed E-state index contributed by atoms with van der Waals surface area (Å²) in [6.45, 7) is 5.19. The molecular weight excluding hydrogens is 694 g/mol. The van der Waals surface area contributed by atoms with Crippen LogP contribution in [0.3, 0.4) is 0 Å². The van der Waals surface area contributed by atoms with Crippen LogP contribution in [0.25, 0.3) is 33.3 Å². The number of hydrogen-bond donors (Lipinski definition) is 3. The highest BCUT2D eigenvalue weighted by atomic mass is 35.5. The molecular formula is C41H38ClN5O6. The molecule has 2 fully saturated rings. The van der Waals surface area contributed by atoms with Gasteiger partial charge in [-0.15, -0.1) is 0 Å². The molecule has 2 saturated heterocycles. The van der Waals surface area contributed by atoms with Gasteiger partial charge in [0, 0.05) is 61.5 Å². The molecule has 270 valence electrons. The van der Waals surface area contributed by atoms with Crippen LogP contribution in [0.1, 0.15) is 45.9 Å². The van der Waals surface area contributed by atoms with Gasteiger partial charge in [-0.05, 0) is 77.4 Å². The Bertz CT molecular complexity index is 2320. The highest BCUT2D eigenvalue weighted by molar-refractivity contribution is 6.31. The fourth-order valence-corrected chi connectivity index (χ4v) is 8.27. The number of carboxylic acid groups (broad SMARTS) is 2. The maximum Gasteiger partial charge on any atom is 0.309 e. The summed E-state index contributed by atoms with van der Waals surface area (Å²) >= 11 is 6.72. The molecule has 0 amide bonds. The number of carboxylic acids is 2. The predicted molar refractivity (Wildman–Crippen MR) is 199 cm³/mol. The summed E-state index contributed by atoms with van der Waals surface area (Å²) in [7, 11) is 1.55. The Labute approximate surface area is 311 Å². The number of pyridine rings is 1. The number of likely N-dealkylation sites (tertiary alicyclic amines) is 2. The molecule has 5 aromatic rings. The number of carbonyl (C=O) groups is 2. The second-order valence-electron chi connectivity index (χ2n) is 14.3. The number of benzene rings is 3. The van der Waals surface area contributed by atoms with E-state index < -0.39 is 11.9 Å². The van der Waals surface area contributed by atoms with Crippen LogP contribution in [0.4, 0.5) is 0 Å². The Balaban J connectivity index is 1.04. The first-order valence-corrected chi connectivity index (χ1v) is 18.1. The van der Waals surface area contributed by atoms with Crippen molar-refractivity contribution in [3.63, 3.8) is 0 Å². The number of methoxy groups -OCH3 is 1. The summed E-state index contributed by atoms with van der Waals surface area (Å²) in [6, 6.07) is 22.8. The lowest BCUT2D eigenvalue weighted by atomic mass is 9.91. The normalized spacial score (nSPS) is 17.6. The maximum absolute atomic E-state index is 11.3. The van der Waals surface area contributed by atoms with Gasteiger partial charge in [-0.2, -0.15) is 10.2 Å². The van der Waals surface area contributed by atoms with Crippen molar-refractivity contribution in [2.45, 2.75) is 39.0 Å². The second-order valence-corrected chi connectivity index (χ2v) is 14.7. The summed E-state index contributed by atoms with van der Waals surface area (Å²) < 4.78 is 12.1. The number of halogens is 1. The summed E-state index contributed by atoms with van der Waals surface area (Å²) in [5, 5.41) is 29.8. The average Bonchev–Trinajstić information content (AvgIpc) is 3.72. The first-order valence-electron chi connectivity index (χ1n) is 17.7. The molecule has 2 aliphatic heterocycles. The molecule has 4 heterocycles. The Hall–Kier alpha value is -5.41. The van der Waals surface area contributed by atoms with Gasteiger partial charge in [0.05, 0.1) is 30.0 Å². The number of aliphatic carboxylic acids is 2. The van der Waals surface area contributed by atoms with Gasteiger partial charge < -0.3 is 24.7 Å². The zero-order valence-electron chi connectivity index (χ0n) is 29.4. The van der Waals surface area contributed by atoms with Crippen molar-refractivity contribution in [2.24, 2.45) is 11.8 Å². The van der Waals surface area contributed by atoms with Crippen LogP contribution in [-0.4, -0.2) is 75.2 Å². The van der Waals surface area contributed by atoms with E-state index in [2.05, 4.69) is 76.4 Å². The number of aromatic nitrogens is 2. The number of nitrogens with one attached hydrogen (secondary N) is 1. The van der Waals surface area contributed by atoms with Crippen molar-refractivity contribution in [1.82, 2.24) is 19.8 Å². The van der Waals surface area contributed by atoms with E-state index in [0.717, 1.165) is 68.4 Å². The SMILES string of the molecule is COc1nc(O[C@H]2CCc3c(-c4cccc(-c5cc6cc(CN7CC(C(=O)O)C7)cc(C#N)c6[nH]5)c4C)cccc32)c(Cl)cc1CN1CC(C(=O)O)C1. The molecule has 0 spiro atoms. The third-order valence-corrected chi connectivity index (χ3v) is 11.2. The second kappa shape index (κ2) is 13.9. The van der Waals surface area contributed by atoms with E-state index in [0.29, 0.717) is 61.6 Å². The highest BCUT2D eigenvalue weighted by Crippen LogP contribution is 2.44. The molecule has 0 bridgehead atoms. The molecule has 0 radical (unpaired) electrons. The van der Waals surface area contributed by atoms with Crippen molar-refractivity contribution in [2.75, 3.05) is 33.3 Å². The van der Waals surface area contributed by atoms with E-state index in [1.165, 1.54) is 5.56 Å². The van der Waals surface area contributed by atoms with E-state index in [4.69, 9.17) is 21.1 Å². The maximum atomic E-state index is 11.3. The van der Waals surface area contributed by atoms with Crippen LogP contribution in [0.15, 0.2) is 60.7 Å². The molecule has 1 aliphatic carbocycles. The van der Waals surface area contributed by atoms with Gasteiger partial charge in [-0.25, -0.2) is 0 Å². The number of fused-ring (bicyclic) bond motifs is 2. The minimum Gasteiger partial charge on any atom is -0.481 e. The number of hydrogen-bond acceptors (Lipinski definition) is 8. The van der Waals surface area contributed by atoms with Crippen molar-refractivity contribution in [3.8, 4) is 40.2 Å². The molecule has 2 aromatic heterocycles. The number of nitriles is 1. The van der Waals surface area contributed by atoms with Gasteiger partial charge in [-0.3, -0.25) is 19.4 Å². The summed E-state index contributed by atoms with van der Waals surface area (Å²) in [4.78, 5) is 34.8. The van der Waals surface area contributed by atoms with Crippen LogP contribution >= 0.6 is 11.6 Å². The number of H-pyrrole nitrogens is 1. The van der Waals surface area contributed by atoms with Gasteiger partial charge in [0.2, 0.25) is 11.8 Å². The lowest BCUT2D eigenvalue weighted by molar-refractivity contribution is -0.148. The zero-order valence-corrected chi connectivity index (χ0v) is 30.1. The summed E-state index contributed by atoms with van der Waals surface area (Å²) in [6.07, 6.45) is 1.32. The monoisotopic (exact) mass is 731 g/mol. The van der Waals surface area contributed by atoms with E-state index in [1.807, 2.05) is 11.0 Å². The van der Waals surface area contributed by atoms with Crippen molar-refractivity contribution >= 4 is 34.4 Å². The third-order valence-electron chi connectivity index (χ3n) is 10.9. The molecule has 0 saturated carbocycles. The van der Waals surface area contributed by atoms with E-state index in [-0.39, 0.29) is 17.9 Å². The van der Waals surface area contributed by atoms with Crippen LogP contribution in [-0.2, 0) is 29.1 Å². The molecule has 12 heteroatoms. The Morgan fingerprint density at radius 2 is 1.62 bits per heavy atom. The number of ether oxygens (including phenoxy) is 2. The minimum atomic E-state index is -0.784. The quantitative estimate of drug-likeness (QED) is 0.132. The smallest absolute Gasteiger partial charge is 0.309 e. The summed E-state index contributed by atoms with van der Waals surface area (Å²) in [5.41, 5.74) is 10.7. The fraction of sp³-hybridized carbons (Fsp3) is 0.317. The number of rotatable bonds is 11. The van der Waals surface area contributed by atoms with Gasteiger partial charge in [0.25, 0.3) is 0 Å². The van der Waals surface area contributed by atoms with E-state index >= 15 is 0 Å². The fourth-order valence-electron chi connectivity index (χ4n) is 8.05. The molecule has 0 unspecified atom stereocenters. The molecule has 11 nitrogen and oxygen atoms in total. The van der Waals surface area contributed by atoms with E-state index in [1.54, 1.807) is 13.2 Å². The van der Waals surface area contributed by atoms with Crippen LogP contribution < -0.4 is 9.47 Å². The lowest BCUT2D eigenvalue weighted by Gasteiger charge is -2.36. The minimum absolute atomic E-state index is 0.251. The van der Waals surface area contributed by atoms with Gasteiger partial charge in [0.1, 0.15) is 17.2 Å². The molecule has 3 aliphatic rings. The Morgan fingerprint density at radius 1 is 0.943 bits per heavy atom. The summed E-state index contributed by atoms with van der Waals surface area (Å²) in [5.74, 6) is -1.53. The largest absolute Gasteiger partial charge is 0.481 e. The van der Waals surface area contributed by atoms with Crippen molar-refractivity contribution < 1.29 is 29.3 Å². The Morgan fingerprint density at radius 3 is 2.32 bits per heavy atom. The van der Waals surface area contributed by atoms with Gasteiger partial charge in [-0.1, -0.05) is 48.0 Å². The number of nitrogens with zero attached hydrogens (tertiary/aromatic N) is 4. The highest BCUT2D eigenvalue weighted by Gasteiger charge is 2.34. The zero-order chi connectivity index (χ0) is 37.0. The number of aromatic amines is 1.